The van der Waals surface area contributed by atoms with Crippen molar-refractivity contribution < 1.29 is 19.8 Å². The van der Waals surface area contributed by atoms with Crippen molar-refractivity contribution in [2.24, 2.45) is 0 Å². The number of hydrogen-bond donors (Lipinski definition) is 3. The first-order chi connectivity index (χ1) is 9.54. The van der Waals surface area contributed by atoms with Gasteiger partial charge in [0.25, 0.3) is 11.5 Å². The first-order valence-corrected chi connectivity index (χ1v) is 6.52. The van der Waals surface area contributed by atoms with Gasteiger partial charge in [-0.15, -0.1) is 11.3 Å². The second kappa shape index (κ2) is 5.80. The minimum atomic E-state index is -1.28. The van der Waals surface area contributed by atoms with Crippen LogP contribution in [0.3, 0.4) is 0 Å². The summed E-state index contributed by atoms with van der Waals surface area (Å²) >= 11 is 1.24. The third kappa shape index (κ3) is 2.68. The normalized spacial score (nSPS) is 12.2. The summed E-state index contributed by atoms with van der Waals surface area (Å²) in [4.78, 5) is 39.2. The van der Waals surface area contributed by atoms with Gasteiger partial charge in [-0.3, -0.25) is 14.0 Å². The van der Waals surface area contributed by atoms with Gasteiger partial charge in [-0.25, -0.2) is 9.78 Å². The molecule has 0 aliphatic heterocycles. The number of nitrogens with zero attached hydrogens (tertiary/aromatic N) is 2. The first kappa shape index (κ1) is 14.2. The molecule has 0 saturated heterocycles. The van der Waals surface area contributed by atoms with Crippen molar-refractivity contribution in [3.63, 3.8) is 0 Å². The fourth-order valence-electron chi connectivity index (χ4n) is 1.60. The van der Waals surface area contributed by atoms with Crippen LogP contribution in [0.15, 0.2) is 22.6 Å². The summed E-state index contributed by atoms with van der Waals surface area (Å²) in [5, 5.41) is 21.5. The molecule has 2 aromatic rings. The lowest BCUT2D eigenvalue weighted by Gasteiger charge is -2.12. The predicted molar refractivity (Wildman–Crippen MR) is 69.9 cm³/mol. The quantitative estimate of drug-likeness (QED) is 0.672. The molecule has 0 radical (unpaired) electrons. The fourth-order valence-corrected chi connectivity index (χ4v) is 2.28. The van der Waals surface area contributed by atoms with Crippen LogP contribution in [0.2, 0.25) is 0 Å². The van der Waals surface area contributed by atoms with Crippen molar-refractivity contribution >= 4 is 28.2 Å². The number of amides is 1. The number of aliphatic hydroxyl groups is 1. The van der Waals surface area contributed by atoms with E-state index in [-0.39, 0.29) is 12.0 Å². The van der Waals surface area contributed by atoms with Crippen LogP contribution >= 0.6 is 11.3 Å². The van der Waals surface area contributed by atoms with E-state index in [1.807, 2.05) is 0 Å². The molecule has 0 fully saturated rings. The van der Waals surface area contributed by atoms with Gasteiger partial charge < -0.3 is 15.5 Å². The lowest BCUT2D eigenvalue weighted by molar-refractivity contribution is -0.139. The number of nitrogens with one attached hydrogen (secondary N) is 1. The Balaban J connectivity index is 2.29. The third-order valence-corrected chi connectivity index (χ3v) is 3.38. The molecular formula is C11H11N3O5S. The zero-order valence-corrected chi connectivity index (χ0v) is 11.0. The number of thiazole rings is 1. The topological polar surface area (TPSA) is 121 Å². The molecule has 0 saturated carbocycles. The second-order valence-corrected chi connectivity index (χ2v) is 4.78. The van der Waals surface area contributed by atoms with E-state index in [4.69, 9.17) is 10.2 Å². The van der Waals surface area contributed by atoms with Gasteiger partial charge in [-0.05, 0) is 0 Å². The molecule has 2 rings (SSSR count). The van der Waals surface area contributed by atoms with Crippen LogP contribution in [0.5, 0.6) is 0 Å². The van der Waals surface area contributed by atoms with E-state index in [0.717, 1.165) is 6.20 Å². The number of rotatable bonds is 5. The average molecular weight is 297 g/mol. The van der Waals surface area contributed by atoms with E-state index < -0.39 is 30.1 Å². The molecule has 0 spiro atoms. The minimum absolute atomic E-state index is 0.142. The van der Waals surface area contributed by atoms with Crippen molar-refractivity contribution in [2.75, 3.05) is 6.61 Å². The number of hydrogen-bond acceptors (Lipinski definition) is 6. The summed E-state index contributed by atoms with van der Waals surface area (Å²) in [6.07, 6.45) is 2.45. The number of carboxylic acid groups (broad SMARTS) is 1. The molecule has 2 aromatic heterocycles. The van der Waals surface area contributed by atoms with Gasteiger partial charge >= 0.3 is 5.97 Å². The molecule has 0 aliphatic carbocycles. The van der Waals surface area contributed by atoms with Gasteiger partial charge in [-0.1, -0.05) is 0 Å². The highest BCUT2D eigenvalue weighted by molar-refractivity contribution is 7.15. The van der Waals surface area contributed by atoms with Crippen LogP contribution in [0.1, 0.15) is 16.8 Å². The van der Waals surface area contributed by atoms with Crippen molar-refractivity contribution in [1.29, 1.82) is 0 Å². The molecule has 3 N–H and O–H groups in total. The van der Waals surface area contributed by atoms with Gasteiger partial charge in [0.15, 0.2) is 4.96 Å². The van der Waals surface area contributed by atoms with Crippen LogP contribution < -0.4 is 10.9 Å². The molecule has 2 heterocycles. The van der Waals surface area contributed by atoms with Gasteiger partial charge in [-0.2, -0.15) is 0 Å². The van der Waals surface area contributed by atoms with Crippen molar-refractivity contribution in [3.05, 3.63) is 33.7 Å². The maximum Gasteiger partial charge on any atom is 0.326 e. The van der Waals surface area contributed by atoms with Crippen LogP contribution in [-0.4, -0.2) is 44.1 Å². The zero-order valence-electron chi connectivity index (χ0n) is 10.1. The highest BCUT2D eigenvalue weighted by atomic mass is 32.1. The van der Waals surface area contributed by atoms with E-state index in [0.29, 0.717) is 4.96 Å². The lowest BCUT2D eigenvalue weighted by Crippen LogP contribution is -2.43. The Morgan fingerprint density at radius 2 is 2.25 bits per heavy atom. The highest BCUT2D eigenvalue weighted by Gasteiger charge is 2.22. The van der Waals surface area contributed by atoms with Crippen LogP contribution in [0.25, 0.3) is 4.96 Å². The Labute approximate surface area is 116 Å². The Morgan fingerprint density at radius 3 is 2.90 bits per heavy atom. The smallest absolute Gasteiger partial charge is 0.326 e. The fraction of sp³-hybridized carbons (Fsp3) is 0.273. The Morgan fingerprint density at radius 1 is 1.50 bits per heavy atom. The summed E-state index contributed by atoms with van der Waals surface area (Å²) in [5.41, 5.74) is -0.813. The largest absolute Gasteiger partial charge is 0.480 e. The number of aliphatic hydroxyl groups excluding tert-OH is 1. The molecular weight excluding hydrogens is 286 g/mol. The summed E-state index contributed by atoms with van der Waals surface area (Å²) in [6.45, 7) is -0.391. The number of aromatic nitrogens is 2. The number of carboxylic acids is 1. The van der Waals surface area contributed by atoms with Gasteiger partial charge in [0.2, 0.25) is 0 Å². The lowest BCUT2D eigenvalue weighted by atomic mass is 10.2. The van der Waals surface area contributed by atoms with E-state index in [2.05, 4.69) is 10.3 Å². The first-order valence-electron chi connectivity index (χ1n) is 5.64. The van der Waals surface area contributed by atoms with Crippen LogP contribution in [0, 0.1) is 0 Å². The highest BCUT2D eigenvalue weighted by Crippen LogP contribution is 2.06. The van der Waals surface area contributed by atoms with Crippen molar-refractivity contribution in [2.45, 2.75) is 12.5 Å². The van der Waals surface area contributed by atoms with E-state index in [1.54, 1.807) is 5.38 Å². The summed E-state index contributed by atoms with van der Waals surface area (Å²) in [7, 11) is 0. The number of fused-ring (bicyclic) bond motifs is 1. The molecule has 0 aliphatic rings. The Kier molecular flexibility index (Phi) is 4.11. The minimum Gasteiger partial charge on any atom is -0.480 e. The maximum absolute atomic E-state index is 12.0. The molecule has 1 amide bonds. The van der Waals surface area contributed by atoms with Crippen LogP contribution in [0.4, 0.5) is 0 Å². The van der Waals surface area contributed by atoms with Gasteiger partial charge in [0, 0.05) is 30.8 Å². The van der Waals surface area contributed by atoms with Crippen molar-refractivity contribution in [1.82, 2.24) is 14.7 Å². The molecule has 0 bridgehead atoms. The standard InChI is InChI=1S/C11H11N3O5S/c15-3-1-7(10(18)19)13-8(16)6-5-12-11-14(9(6)17)2-4-20-11/h2,4-5,7,15H,1,3H2,(H,13,16)(H,18,19). The van der Waals surface area contributed by atoms with E-state index >= 15 is 0 Å². The monoisotopic (exact) mass is 297 g/mol. The Hall–Kier alpha value is -2.26. The third-order valence-electron chi connectivity index (χ3n) is 2.61. The summed E-state index contributed by atoms with van der Waals surface area (Å²) in [6, 6.07) is -1.25. The summed E-state index contributed by atoms with van der Waals surface area (Å²) < 4.78 is 1.21. The number of carbonyl (C=O) groups is 2. The predicted octanol–water partition coefficient (Wildman–Crippen LogP) is -0.679. The SMILES string of the molecule is O=C(NC(CCO)C(=O)O)c1cnc2sccn2c1=O. The molecule has 1 atom stereocenters. The molecule has 1 unspecified atom stereocenters. The molecule has 106 valence electrons. The second-order valence-electron chi connectivity index (χ2n) is 3.91. The number of carbonyl (C=O) groups excluding carboxylic acids is 1. The van der Waals surface area contributed by atoms with Crippen molar-refractivity contribution in [3.8, 4) is 0 Å². The molecule has 9 heteroatoms. The molecule has 8 nitrogen and oxygen atoms in total. The van der Waals surface area contributed by atoms with Gasteiger partial charge in [0.1, 0.15) is 11.6 Å². The summed E-state index contributed by atoms with van der Waals surface area (Å²) in [5.74, 6) is -2.11. The number of aliphatic carboxylic acids is 1. The zero-order chi connectivity index (χ0) is 14.7. The Bertz CT molecular complexity index is 707. The molecule has 20 heavy (non-hydrogen) atoms. The average Bonchev–Trinajstić information content (AvgIpc) is 2.87. The van der Waals surface area contributed by atoms with E-state index in [1.165, 1.54) is 21.9 Å². The van der Waals surface area contributed by atoms with Gasteiger partial charge in [0.05, 0.1) is 0 Å². The van der Waals surface area contributed by atoms with E-state index in [9.17, 15) is 14.4 Å². The van der Waals surface area contributed by atoms with Crippen LogP contribution in [-0.2, 0) is 4.79 Å². The molecule has 0 aromatic carbocycles. The maximum atomic E-state index is 12.0.